The van der Waals surface area contributed by atoms with Gasteiger partial charge in [-0.3, -0.25) is 0 Å². The van der Waals surface area contributed by atoms with Crippen LogP contribution in [0, 0.1) is 5.41 Å². The second-order valence-electron chi connectivity index (χ2n) is 5.05. The van der Waals surface area contributed by atoms with Gasteiger partial charge in [0.05, 0.1) is 17.1 Å². The zero-order valence-electron chi connectivity index (χ0n) is 9.80. The van der Waals surface area contributed by atoms with Crippen molar-refractivity contribution in [2.45, 2.75) is 27.2 Å². The Kier molecular flexibility index (Phi) is 3.45. The number of nitrogens with one attached hydrogen (secondary N) is 1. The lowest BCUT2D eigenvalue weighted by Gasteiger charge is -2.19. The molecule has 0 fully saturated rings. The van der Waals surface area contributed by atoms with Crippen molar-refractivity contribution in [1.29, 1.82) is 0 Å². The largest absolute Gasteiger partial charge is 0.397 e. The van der Waals surface area contributed by atoms with Gasteiger partial charge >= 0.3 is 0 Å². The summed E-state index contributed by atoms with van der Waals surface area (Å²) in [5.41, 5.74) is 14.3. The van der Waals surface area contributed by atoms with Crippen LogP contribution in [0.4, 0.5) is 17.1 Å². The van der Waals surface area contributed by atoms with E-state index in [1.807, 2.05) is 18.2 Å². The number of nitrogen functional groups attached to an aromatic ring is 2. The average molecular weight is 207 g/mol. The zero-order chi connectivity index (χ0) is 11.5. The van der Waals surface area contributed by atoms with E-state index in [4.69, 9.17) is 11.5 Å². The molecule has 0 heterocycles. The Balaban J connectivity index is 2.58. The minimum atomic E-state index is 0.325. The highest BCUT2D eigenvalue weighted by Gasteiger charge is 2.10. The summed E-state index contributed by atoms with van der Waals surface area (Å²) in [5, 5.41) is 3.29. The summed E-state index contributed by atoms with van der Waals surface area (Å²) in [7, 11) is 0. The standard InChI is InChI=1S/C12H21N3/c1-12(2,3)7-8-15-11-9(13)5-4-6-10(11)14/h4-6,15H,7-8,13-14H2,1-3H3. The summed E-state index contributed by atoms with van der Waals surface area (Å²) < 4.78 is 0. The molecule has 0 aliphatic carbocycles. The minimum Gasteiger partial charge on any atom is -0.397 e. The van der Waals surface area contributed by atoms with Gasteiger partial charge in [-0.2, -0.15) is 0 Å². The Morgan fingerprint density at radius 3 is 2.13 bits per heavy atom. The van der Waals surface area contributed by atoms with Gasteiger partial charge in [-0.1, -0.05) is 26.8 Å². The number of hydrogen-bond donors (Lipinski definition) is 3. The van der Waals surface area contributed by atoms with Gasteiger partial charge in [0.25, 0.3) is 0 Å². The fraction of sp³-hybridized carbons (Fsp3) is 0.500. The number of rotatable bonds is 3. The number of hydrogen-bond acceptors (Lipinski definition) is 3. The predicted molar refractivity (Wildman–Crippen MR) is 67.8 cm³/mol. The van der Waals surface area contributed by atoms with Crippen molar-refractivity contribution in [2.75, 3.05) is 23.3 Å². The summed E-state index contributed by atoms with van der Waals surface area (Å²) in [5.74, 6) is 0. The molecule has 0 radical (unpaired) electrons. The molecule has 0 aromatic heterocycles. The first-order chi connectivity index (χ1) is 6.90. The predicted octanol–water partition coefficient (Wildman–Crippen LogP) is 2.70. The first kappa shape index (κ1) is 11.7. The van der Waals surface area contributed by atoms with E-state index in [0.29, 0.717) is 16.8 Å². The van der Waals surface area contributed by atoms with Crippen LogP contribution in [0.5, 0.6) is 0 Å². The monoisotopic (exact) mass is 207 g/mol. The van der Waals surface area contributed by atoms with E-state index in [2.05, 4.69) is 26.1 Å². The van der Waals surface area contributed by atoms with E-state index in [9.17, 15) is 0 Å². The average Bonchev–Trinajstić information content (AvgIpc) is 2.08. The Morgan fingerprint density at radius 1 is 1.13 bits per heavy atom. The van der Waals surface area contributed by atoms with Gasteiger partial charge in [-0.15, -0.1) is 0 Å². The van der Waals surface area contributed by atoms with Crippen molar-refractivity contribution < 1.29 is 0 Å². The van der Waals surface area contributed by atoms with Gasteiger partial charge in [0, 0.05) is 6.54 Å². The molecule has 0 aliphatic heterocycles. The van der Waals surface area contributed by atoms with Gasteiger partial charge in [-0.05, 0) is 24.0 Å². The number of nitrogens with two attached hydrogens (primary N) is 2. The van der Waals surface area contributed by atoms with Gasteiger partial charge in [0.1, 0.15) is 0 Å². The quantitative estimate of drug-likeness (QED) is 0.668. The third-order valence-electron chi connectivity index (χ3n) is 2.31. The van der Waals surface area contributed by atoms with Crippen molar-refractivity contribution in [3.63, 3.8) is 0 Å². The van der Waals surface area contributed by atoms with Crippen LogP contribution in [0.3, 0.4) is 0 Å². The normalized spacial score (nSPS) is 11.4. The molecule has 5 N–H and O–H groups in total. The van der Waals surface area contributed by atoms with Crippen molar-refractivity contribution in [3.05, 3.63) is 18.2 Å². The van der Waals surface area contributed by atoms with Crippen LogP contribution in [-0.2, 0) is 0 Å². The van der Waals surface area contributed by atoms with E-state index in [-0.39, 0.29) is 0 Å². The van der Waals surface area contributed by atoms with E-state index in [1.165, 1.54) is 0 Å². The summed E-state index contributed by atoms with van der Waals surface area (Å²) in [6.45, 7) is 7.53. The molecule has 3 nitrogen and oxygen atoms in total. The van der Waals surface area contributed by atoms with Crippen molar-refractivity contribution in [1.82, 2.24) is 0 Å². The molecule has 0 unspecified atom stereocenters. The third-order valence-corrected chi connectivity index (χ3v) is 2.31. The molecule has 0 bridgehead atoms. The Hall–Kier alpha value is -1.38. The summed E-state index contributed by atoms with van der Waals surface area (Å²) in [4.78, 5) is 0. The first-order valence-corrected chi connectivity index (χ1v) is 5.28. The number of para-hydroxylation sites is 1. The van der Waals surface area contributed by atoms with Crippen LogP contribution in [0.25, 0.3) is 0 Å². The van der Waals surface area contributed by atoms with Crippen LogP contribution in [0.15, 0.2) is 18.2 Å². The Bertz CT molecular complexity index is 306. The molecule has 1 aromatic carbocycles. The number of anilines is 3. The van der Waals surface area contributed by atoms with Gasteiger partial charge in [0.2, 0.25) is 0 Å². The van der Waals surface area contributed by atoms with Crippen LogP contribution < -0.4 is 16.8 Å². The van der Waals surface area contributed by atoms with Crippen LogP contribution >= 0.6 is 0 Å². The van der Waals surface area contributed by atoms with Crippen molar-refractivity contribution in [2.24, 2.45) is 5.41 Å². The van der Waals surface area contributed by atoms with E-state index in [0.717, 1.165) is 18.7 Å². The molecular weight excluding hydrogens is 186 g/mol. The smallest absolute Gasteiger partial charge is 0.0807 e. The zero-order valence-corrected chi connectivity index (χ0v) is 9.80. The second-order valence-corrected chi connectivity index (χ2v) is 5.05. The lowest BCUT2D eigenvalue weighted by Crippen LogP contribution is -2.14. The van der Waals surface area contributed by atoms with E-state index >= 15 is 0 Å². The lowest BCUT2D eigenvalue weighted by atomic mass is 9.92. The molecule has 1 aromatic rings. The summed E-state index contributed by atoms with van der Waals surface area (Å²) >= 11 is 0. The molecule has 15 heavy (non-hydrogen) atoms. The Labute approximate surface area is 91.9 Å². The maximum absolute atomic E-state index is 5.83. The SMILES string of the molecule is CC(C)(C)CCNc1c(N)cccc1N. The molecule has 0 saturated heterocycles. The molecule has 84 valence electrons. The van der Waals surface area contributed by atoms with Crippen LogP contribution in [-0.4, -0.2) is 6.54 Å². The second kappa shape index (κ2) is 4.43. The number of benzene rings is 1. The minimum absolute atomic E-state index is 0.325. The molecule has 0 aliphatic rings. The molecule has 3 heteroatoms. The van der Waals surface area contributed by atoms with Crippen LogP contribution in [0.1, 0.15) is 27.2 Å². The lowest BCUT2D eigenvalue weighted by molar-refractivity contribution is 0.390. The molecule has 1 rings (SSSR count). The molecular formula is C12H21N3. The van der Waals surface area contributed by atoms with E-state index in [1.54, 1.807) is 0 Å². The fourth-order valence-corrected chi connectivity index (χ4v) is 1.36. The van der Waals surface area contributed by atoms with Gasteiger partial charge < -0.3 is 16.8 Å². The highest BCUT2D eigenvalue weighted by Crippen LogP contribution is 2.26. The maximum atomic E-state index is 5.83. The molecule has 0 saturated carbocycles. The fourth-order valence-electron chi connectivity index (χ4n) is 1.36. The summed E-state index contributed by atoms with van der Waals surface area (Å²) in [6, 6.07) is 5.57. The first-order valence-electron chi connectivity index (χ1n) is 5.28. The molecule has 0 amide bonds. The maximum Gasteiger partial charge on any atom is 0.0807 e. The molecule has 0 spiro atoms. The highest BCUT2D eigenvalue weighted by atomic mass is 14.9. The molecule has 0 atom stereocenters. The Morgan fingerprint density at radius 2 is 1.67 bits per heavy atom. The third kappa shape index (κ3) is 3.70. The topological polar surface area (TPSA) is 64.1 Å². The van der Waals surface area contributed by atoms with E-state index < -0.39 is 0 Å². The van der Waals surface area contributed by atoms with Crippen molar-refractivity contribution >= 4 is 17.1 Å². The van der Waals surface area contributed by atoms with Crippen LogP contribution in [0.2, 0.25) is 0 Å². The van der Waals surface area contributed by atoms with Crippen molar-refractivity contribution in [3.8, 4) is 0 Å². The summed E-state index contributed by atoms with van der Waals surface area (Å²) in [6.07, 6.45) is 1.08. The highest BCUT2D eigenvalue weighted by molar-refractivity contribution is 5.79. The van der Waals surface area contributed by atoms with Gasteiger partial charge in [0.15, 0.2) is 0 Å². The van der Waals surface area contributed by atoms with Gasteiger partial charge in [-0.25, -0.2) is 0 Å².